The van der Waals surface area contributed by atoms with Crippen molar-refractivity contribution in [2.45, 2.75) is 52.4 Å². The van der Waals surface area contributed by atoms with Crippen molar-refractivity contribution >= 4 is 17.4 Å². The molecule has 0 spiro atoms. The molecule has 158 valence electrons. The number of rotatable bonds is 2. The van der Waals surface area contributed by atoms with Gasteiger partial charge in [0, 0.05) is 11.3 Å². The van der Waals surface area contributed by atoms with E-state index in [4.69, 9.17) is 0 Å². The Balaban J connectivity index is 1.55. The number of hydrogen-bond donors (Lipinski definition) is 2. The van der Waals surface area contributed by atoms with E-state index in [1.54, 1.807) is 0 Å². The van der Waals surface area contributed by atoms with Gasteiger partial charge in [0.05, 0.1) is 11.1 Å². The lowest BCUT2D eigenvalue weighted by atomic mass is 9.45. The lowest BCUT2D eigenvalue weighted by Crippen LogP contribution is -2.54. The molecule has 2 N–H and O–H groups in total. The van der Waals surface area contributed by atoms with Crippen LogP contribution in [0.25, 0.3) is 0 Å². The Hall–Kier alpha value is -2.36. The van der Waals surface area contributed by atoms with Crippen LogP contribution in [0.5, 0.6) is 0 Å². The molecule has 3 aliphatic carbocycles. The van der Waals surface area contributed by atoms with E-state index < -0.39 is 11.4 Å². The molecule has 5 rings (SSSR count). The number of Topliss-reactive ketones (excluding diaryl/α,β-unsaturated/α-hetero) is 1. The maximum absolute atomic E-state index is 13.0. The fraction of sp³-hybridized carbons (Fsp3) is 0.538. The molecule has 0 bridgehead atoms. The average Bonchev–Trinajstić information content (AvgIpc) is 3.05. The summed E-state index contributed by atoms with van der Waals surface area (Å²) in [4.78, 5) is 25.5. The van der Waals surface area contributed by atoms with Gasteiger partial charge in [-0.15, -0.1) is 0 Å². The summed E-state index contributed by atoms with van der Waals surface area (Å²) in [7, 11) is 0. The highest BCUT2D eigenvalue weighted by Gasteiger charge is 2.57. The first-order chi connectivity index (χ1) is 14.3. The van der Waals surface area contributed by atoms with E-state index in [-0.39, 0.29) is 17.1 Å². The van der Waals surface area contributed by atoms with E-state index in [0.29, 0.717) is 35.4 Å². The lowest BCUT2D eigenvalue weighted by molar-refractivity contribution is -0.161. The van der Waals surface area contributed by atoms with Gasteiger partial charge < -0.3 is 10.4 Å². The molecular weight excluding hydrogens is 374 g/mol. The molecule has 1 heterocycles. The van der Waals surface area contributed by atoms with E-state index in [1.807, 2.05) is 37.3 Å². The lowest BCUT2D eigenvalue weighted by Gasteiger charge is -2.59. The van der Waals surface area contributed by atoms with Crippen LogP contribution in [0.4, 0.5) is 5.69 Å². The van der Waals surface area contributed by atoms with E-state index in [2.05, 4.69) is 24.4 Å². The second-order valence-corrected chi connectivity index (χ2v) is 10.3. The summed E-state index contributed by atoms with van der Waals surface area (Å²) in [6.07, 6.45) is 12.7. The molecule has 0 unspecified atom stereocenters. The Morgan fingerprint density at radius 2 is 1.97 bits per heavy atom. The van der Waals surface area contributed by atoms with Crippen molar-refractivity contribution in [1.29, 1.82) is 0 Å². The Morgan fingerprint density at radius 1 is 1.17 bits per heavy atom. The molecule has 0 radical (unpaired) electrons. The van der Waals surface area contributed by atoms with Crippen molar-refractivity contribution in [2.24, 2.45) is 34.5 Å². The predicted octanol–water partition coefficient (Wildman–Crippen LogP) is 5.68. The highest BCUT2D eigenvalue weighted by Crippen LogP contribution is 2.62. The molecule has 6 atom stereocenters. The maximum atomic E-state index is 13.0. The molecule has 2 saturated carbocycles. The number of anilines is 1. The number of carboxylic acid groups (broad SMARTS) is 1. The number of nitrogens with one attached hydrogen (secondary N) is 1. The van der Waals surface area contributed by atoms with E-state index in [1.165, 1.54) is 0 Å². The number of ketones is 1. The number of aliphatic carboxylic acids is 1. The molecule has 30 heavy (non-hydrogen) atoms. The van der Waals surface area contributed by atoms with Gasteiger partial charge in [0.25, 0.3) is 0 Å². The summed E-state index contributed by atoms with van der Waals surface area (Å²) in [6.45, 7) is 4.33. The summed E-state index contributed by atoms with van der Waals surface area (Å²) in [5.74, 6) is 0.621. The number of allylic oxidation sites excluding steroid dienone is 4. The van der Waals surface area contributed by atoms with Gasteiger partial charge in [-0.3, -0.25) is 9.59 Å². The van der Waals surface area contributed by atoms with Gasteiger partial charge in [-0.25, -0.2) is 0 Å². The minimum absolute atomic E-state index is 0.0130. The van der Waals surface area contributed by atoms with Gasteiger partial charge in [-0.05, 0) is 86.7 Å². The van der Waals surface area contributed by atoms with Gasteiger partial charge in [0.1, 0.15) is 0 Å². The zero-order valence-electron chi connectivity index (χ0n) is 17.9. The largest absolute Gasteiger partial charge is 0.481 e. The molecule has 2 fully saturated rings. The third-order valence-corrected chi connectivity index (χ3v) is 8.98. The molecule has 4 heteroatoms. The number of carboxylic acids is 1. The fourth-order valence-electron chi connectivity index (χ4n) is 7.08. The molecule has 1 aromatic rings. The number of hydrogen-bond acceptors (Lipinski definition) is 3. The standard InChI is InChI=1S/C26H31NO3/c1-25-13-6-5-7-16(25)10-11-17-19(25)12-14-26(2,24(29)30)20(17)15-22-23(28)18-8-3-4-9-21(18)27-22/h3-6,8-9,15-17,19-20,27H,7,10-14H2,1-2H3,(H,29,30)/b22-15+/t16-,17+,19+,20-,25-,26-/m0/s1. The van der Waals surface area contributed by atoms with Crippen molar-refractivity contribution in [3.05, 3.63) is 53.8 Å². The Morgan fingerprint density at radius 3 is 2.73 bits per heavy atom. The quantitative estimate of drug-likeness (QED) is 0.491. The zero-order valence-corrected chi connectivity index (χ0v) is 17.9. The van der Waals surface area contributed by atoms with Crippen LogP contribution in [0.2, 0.25) is 0 Å². The summed E-state index contributed by atoms with van der Waals surface area (Å²) in [6, 6.07) is 7.54. The number of fused-ring (bicyclic) bond motifs is 4. The second-order valence-electron chi connectivity index (χ2n) is 10.3. The average molecular weight is 406 g/mol. The number of carbonyl (C=O) groups is 2. The summed E-state index contributed by atoms with van der Waals surface area (Å²) in [5, 5.41) is 13.5. The van der Waals surface area contributed by atoms with Crippen molar-refractivity contribution < 1.29 is 14.7 Å². The Kier molecular flexibility index (Phi) is 4.46. The minimum Gasteiger partial charge on any atom is -0.481 e. The third-order valence-electron chi connectivity index (χ3n) is 8.98. The maximum Gasteiger partial charge on any atom is 0.309 e. The molecule has 4 nitrogen and oxygen atoms in total. The van der Waals surface area contributed by atoms with Crippen LogP contribution in [-0.2, 0) is 4.79 Å². The van der Waals surface area contributed by atoms with Crippen LogP contribution in [0, 0.1) is 34.5 Å². The van der Waals surface area contributed by atoms with E-state index in [9.17, 15) is 14.7 Å². The smallest absolute Gasteiger partial charge is 0.309 e. The monoisotopic (exact) mass is 405 g/mol. The summed E-state index contributed by atoms with van der Waals surface area (Å²) < 4.78 is 0. The molecule has 0 saturated heterocycles. The van der Waals surface area contributed by atoms with Gasteiger partial charge in [0.15, 0.2) is 0 Å². The normalized spacial score (nSPS) is 41.0. The summed E-state index contributed by atoms with van der Waals surface area (Å²) in [5.41, 5.74) is 1.47. The van der Waals surface area contributed by atoms with Crippen molar-refractivity contribution in [3.8, 4) is 0 Å². The van der Waals surface area contributed by atoms with Crippen LogP contribution in [0.1, 0.15) is 62.7 Å². The highest BCUT2D eigenvalue weighted by molar-refractivity contribution is 6.18. The topological polar surface area (TPSA) is 66.4 Å². The van der Waals surface area contributed by atoms with Gasteiger partial charge >= 0.3 is 5.97 Å². The van der Waals surface area contributed by atoms with Crippen LogP contribution < -0.4 is 5.32 Å². The first-order valence-corrected chi connectivity index (χ1v) is 11.4. The molecule has 1 aromatic carbocycles. The Bertz CT molecular complexity index is 963. The van der Waals surface area contributed by atoms with Crippen LogP contribution in [0.3, 0.4) is 0 Å². The predicted molar refractivity (Wildman–Crippen MR) is 117 cm³/mol. The van der Waals surface area contributed by atoms with Crippen molar-refractivity contribution in [1.82, 2.24) is 0 Å². The van der Waals surface area contributed by atoms with Gasteiger partial charge in [0.2, 0.25) is 5.78 Å². The highest BCUT2D eigenvalue weighted by atomic mass is 16.4. The summed E-state index contributed by atoms with van der Waals surface area (Å²) >= 11 is 0. The van der Waals surface area contributed by atoms with Crippen LogP contribution in [0.15, 0.2) is 48.2 Å². The van der Waals surface area contributed by atoms with E-state index in [0.717, 1.165) is 37.8 Å². The fourth-order valence-corrected chi connectivity index (χ4v) is 7.08. The van der Waals surface area contributed by atoms with Crippen molar-refractivity contribution in [2.75, 3.05) is 5.32 Å². The number of carbonyl (C=O) groups excluding carboxylic acids is 1. The van der Waals surface area contributed by atoms with Crippen LogP contribution >= 0.6 is 0 Å². The first-order valence-electron chi connectivity index (χ1n) is 11.4. The molecule has 4 aliphatic rings. The molecule has 1 aliphatic heterocycles. The first kappa shape index (κ1) is 19.6. The van der Waals surface area contributed by atoms with Crippen molar-refractivity contribution in [3.63, 3.8) is 0 Å². The molecule has 0 aromatic heterocycles. The molecular formula is C26H31NO3. The molecule has 0 amide bonds. The van der Waals surface area contributed by atoms with Gasteiger partial charge in [-0.1, -0.05) is 37.3 Å². The minimum atomic E-state index is -0.835. The van der Waals surface area contributed by atoms with E-state index >= 15 is 0 Å². The zero-order chi connectivity index (χ0) is 21.1. The SMILES string of the molecule is C[C@]12CC=CC[C@H]1CC[C@@H]1[C@H]2CC[C@](C)(C(=O)O)[C@H]1/C=C1/Nc2ccccc2C1=O. The Labute approximate surface area is 178 Å². The van der Waals surface area contributed by atoms with Gasteiger partial charge in [-0.2, -0.15) is 0 Å². The third kappa shape index (κ3) is 2.72. The number of para-hydroxylation sites is 1. The second kappa shape index (κ2) is 6.83. The van der Waals surface area contributed by atoms with Crippen LogP contribution in [-0.4, -0.2) is 16.9 Å². The number of benzene rings is 1.